The average Bonchev–Trinajstić information content (AvgIpc) is 2.56. The van der Waals surface area contributed by atoms with Crippen LogP contribution in [0.1, 0.15) is 0 Å². The van der Waals surface area contributed by atoms with Crippen LogP contribution >= 0.6 is 0 Å². The van der Waals surface area contributed by atoms with E-state index in [4.69, 9.17) is 5.11 Å². The quantitative estimate of drug-likeness (QED) is 0.516. The Kier molecular flexibility index (Phi) is 3.83. The third-order valence-corrected chi connectivity index (χ3v) is 3.21. The van der Waals surface area contributed by atoms with Gasteiger partial charge in [-0.1, -0.05) is 12.1 Å². The molecule has 0 spiro atoms. The van der Waals surface area contributed by atoms with Gasteiger partial charge in [0.2, 0.25) is 0 Å². The molecule has 2 aromatic carbocycles. The number of hydrogen-bond donors (Lipinski definition) is 2. The fourth-order valence-corrected chi connectivity index (χ4v) is 2.15. The zero-order valence-electron chi connectivity index (χ0n) is 11.7. The number of phenolic OH excluding ortho intramolecular Hbond substituents is 2. The molecule has 0 saturated carbocycles. The van der Waals surface area contributed by atoms with Gasteiger partial charge in [-0.15, -0.1) is 0 Å². The van der Waals surface area contributed by atoms with Gasteiger partial charge < -0.3 is 10.2 Å². The summed E-state index contributed by atoms with van der Waals surface area (Å²) in [6, 6.07) is 17.9. The van der Waals surface area contributed by atoms with Crippen LogP contribution < -0.4 is 0 Å². The van der Waals surface area contributed by atoms with Crippen LogP contribution in [0.4, 0.5) is 0 Å². The molecule has 2 N–H and O–H groups in total. The first kappa shape index (κ1) is 13.8. The molecule has 0 unspecified atom stereocenters. The number of aromatic nitrogens is 2. The fraction of sp³-hybridized carbons (Fsp3) is 0. The molecule has 0 aliphatic rings. The Morgan fingerprint density at radius 2 is 1.45 bits per heavy atom. The largest absolute Gasteiger partial charge is 0.508 e. The maximum Gasteiger partial charge on any atom is 0.124 e. The number of pyridine rings is 2. The van der Waals surface area contributed by atoms with Crippen LogP contribution in [-0.4, -0.2) is 20.2 Å². The van der Waals surface area contributed by atoms with Gasteiger partial charge in [-0.2, -0.15) is 0 Å². The molecule has 4 heteroatoms. The SMILES string of the molecule is Oc1ccc2ncccc2c1.Oc1cccc2ncccc12. The van der Waals surface area contributed by atoms with Crippen molar-refractivity contribution in [3.05, 3.63) is 73.1 Å². The van der Waals surface area contributed by atoms with Crippen LogP contribution in [0.3, 0.4) is 0 Å². The highest BCUT2D eigenvalue weighted by molar-refractivity contribution is 5.84. The lowest BCUT2D eigenvalue weighted by molar-refractivity contribution is 0.476. The van der Waals surface area contributed by atoms with Crippen LogP contribution in [0.5, 0.6) is 11.5 Å². The molecular formula is C18H14N2O2. The monoisotopic (exact) mass is 290 g/mol. The minimum Gasteiger partial charge on any atom is -0.508 e. The van der Waals surface area contributed by atoms with E-state index in [1.807, 2.05) is 30.3 Å². The molecule has 2 heterocycles. The smallest absolute Gasteiger partial charge is 0.124 e. The standard InChI is InChI=1S/2C9H7NO/c11-9-5-1-4-8-7(9)3-2-6-10-8;11-8-3-4-9-7(6-8)2-1-5-10-9/h2*1-6,11H. The zero-order valence-corrected chi connectivity index (χ0v) is 11.7. The van der Waals surface area contributed by atoms with Crippen LogP contribution in [-0.2, 0) is 0 Å². The second kappa shape index (κ2) is 6.10. The van der Waals surface area contributed by atoms with Gasteiger partial charge in [0.25, 0.3) is 0 Å². The molecule has 0 amide bonds. The minimum atomic E-state index is 0.283. The lowest BCUT2D eigenvalue weighted by atomic mass is 10.2. The van der Waals surface area contributed by atoms with Crippen LogP contribution in [0.15, 0.2) is 73.1 Å². The van der Waals surface area contributed by atoms with Crippen molar-refractivity contribution in [2.45, 2.75) is 0 Å². The summed E-state index contributed by atoms with van der Waals surface area (Å²) in [7, 11) is 0. The summed E-state index contributed by atoms with van der Waals surface area (Å²) in [5, 5.41) is 20.2. The van der Waals surface area contributed by atoms with E-state index >= 15 is 0 Å². The number of phenols is 2. The summed E-state index contributed by atoms with van der Waals surface area (Å²) in [4.78, 5) is 8.19. The Labute approximate surface area is 127 Å². The first-order valence-corrected chi connectivity index (χ1v) is 6.80. The van der Waals surface area contributed by atoms with Crippen molar-refractivity contribution in [2.75, 3.05) is 0 Å². The van der Waals surface area contributed by atoms with Crippen molar-refractivity contribution in [3.63, 3.8) is 0 Å². The molecule has 0 saturated heterocycles. The fourth-order valence-electron chi connectivity index (χ4n) is 2.15. The molecule has 0 radical (unpaired) electrons. The molecular weight excluding hydrogens is 276 g/mol. The van der Waals surface area contributed by atoms with Gasteiger partial charge in [-0.05, 0) is 48.5 Å². The van der Waals surface area contributed by atoms with Crippen molar-refractivity contribution in [1.29, 1.82) is 0 Å². The molecule has 2 aromatic heterocycles. The van der Waals surface area contributed by atoms with Gasteiger partial charge in [-0.3, -0.25) is 9.97 Å². The first-order valence-electron chi connectivity index (χ1n) is 6.80. The molecule has 0 aliphatic heterocycles. The van der Waals surface area contributed by atoms with E-state index in [1.165, 1.54) is 0 Å². The molecule has 108 valence electrons. The maximum atomic E-state index is 9.33. The summed E-state index contributed by atoms with van der Waals surface area (Å²) in [6.07, 6.45) is 3.45. The van der Waals surface area contributed by atoms with E-state index in [9.17, 15) is 5.11 Å². The maximum absolute atomic E-state index is 9.33. The second-order valence-corrected chi connectivity index (χ2v) is 4.73. The summed E-state index contributed by atoms with van der Waals surface area (Å²) in [6.45, 7) is 0. The number of nitrogens with zero attached hydrogens (tertiary/aromatic N) is 2. The number of hydrogen-bond acceptors (Lipinski definition) is 4. The van der Waals surface area contributed by atoms with E-state index < -0.39 is 0 Å². The van der Waals surface area contributed by atoms with E-state index in [0.717, 1.165) is 21.8 Å². The molecule has 0 bridgehead atoms. The number of aromatic hydroxyl groups is 2. The van der Waals surface area contributed by atoms with Gasteiger partial charge in [0.1, 0.15) is 11.5 Å². The predicted octanol–water partition coefficient (Wildman–Crippen LogP) is 3.88. The lowest BCUT2D eigenvalue weighted by Gasteiger charge is -1.96. The van der Waals surface area contributed by atoms with Crippen molar-refractivity contribution >= 4 is 21.8 Å². The third kappa shape index (κ3) is 2.96. The molecule has 0 fully saturated rings. The van der Waals surface area contributed by atoms with E-state index in [1.54, 1.807) is 42.7 Å². The lowest BCUT2D eigenvalue weighted by Crippen LogP contribution is -1.75. The van der Waals surface area contributed by atoms with E-state index in [2.05, 4.69) is 9.97 Å². The first-order chi connectivity index (χ1) is 10.7. The summed E-state index contributed by atoms with van der Waals surface area (Å²) in [5.41, 5.74) is 1.73. The normalized spacial score (nSPS) is 10.2. The highest BCUT2D eigenvalue weighted by Crippen LogP contribution is 2.21. The molecule has 4 nitrogen and oxygen atoms in total. The Hall–Kier alpha value is -3.14. The highest BCUT2D eigenvalue weighted by Gasteiger charge is 1.96. The van der Waals surface area contributed by atoms with Crippen LogP contribution in [0.2, 0.25) is 0 Å². The van der Waals surface area contributed by atoms with Crippen molar-refractivity contribution < 1.29 is 10.2 Å². The van der Waals surface area contributed by atoms with Gasteiger partial charge in [0, 0.05) is 23.2 Å². The van der Waals surface area contributed by atoms with Gasteiger partial charge in [0.05, 0.1) is 11.0 Å². The van der Waals surface area contributed by atoms with Gasteiger partial charge >= 0.3 is 0 Å². The number of benzene rings is 2. The van der Waals surface area contributed by atoms with Gasteiger partial charge in [0.15, 0.2) is 0 Å². The van der Waals surface area contributed by atoms with Crippen molar-refractivity contribution in [3.8, 4) is 11.5 Å². The molecule has 0 atom stereocenters. The van der Waals surface area contributed by atoms with Gasteiger partial charge in [-0.25, -0.2) is 0 Å². The number of rotatable bonds is 0. The number of fused-ring (bicyclic) bond motifs is 2. The van der Waals surface area contributed by atoms with E-state index in [-0.39, 0.29) is 11.5 Å². The summed E-state index contributed by atoms with van der Waals surface area (Å²) in [5.74, 6) is 0.570. The molecule has 4 rings (SSSR count). The van der Waals surface area contributed by atoms with Crippen molar-refractivity contribution in [1.82, 2.24) is 9.97 Å². The summed E-state index contributed by atoms with van der Waals surface area (Å²) >= 11 is 0. The molecule has 22 heavy (non-hydrogen) atoms. The third-order valence-electron chi connectivity index (χ3n) is 3.21. The minimum absolute atomic E-state index is 0.283. The Morgan fingerprint density at radius 1 is 0.682 bits per heavy atom. The zero-order chi connectivity index (χ0) is 15.4. The Bertz CT molecular complexity index is 911. The Morgan fingerprint density at radius 3 is 2.27 bits per heavy atom. The Balaban J connectivity index is 0.000000131. The predicted molar refractivity (Wildman–Crippen MR) is 86.8 cm³/mol. The molecule has 4 aromatic rings. The average molecular weight is 290 g/mol. The van der Waals surface area contributed by atoms with Crippen LogP contribution in [0.25, 0.3) is 21.8 Å². The second-order valence-electron chi connectivity index (χ2n) is 4.73. The highest BCUT2D eigenvalue weighted by atomic mass is 16.3. The topological polar surface area (TPSA) is 66.2 Å². The van der Waals surface area contributed by atoms with Crippen molar-refractivity contribution in [2.24, 2.45) is 0 Å². The summed E-state index contributed by atoms with van der Waals surface area (Å²) < 4.78 is 0. The van der Waals surface area contributed by atoms with Crippen LogP contribution in [0, 0.1) is 0 Å². The molecule has 0 aliphatic carbocycles. The van der Waals surface area contributed by atoms with E-state index in [0.29, 0.717) is 0 Å².